The summed E-state index contributed by atoms with van der Waals surface area (Å²) in [5, 5.41) is 3.45. The maximum absolute atomic E-state index is 13.4. The lowest BCUT2D eigenvalue weighted by molar-refractivity contribution is 0.208. The Labute approximate surface area is 169 Å². The van der Waals surface area contributed by atoms with Crippen molar-refractivity contribution in [1.82, 2.24) is 4.90 Å². The normalized spacial score (nSPS) is 17.1. The van der Waals surface area contributed by atoms with Gasteiger partial charge in [0.15, 0.2) is 0 Å². The third-order valence-corrected chi connectivity index (χ3v) is 5.97. The van der Waals surface area contributed by atoms with E-state index in [4.69, 9.17) is 0 Å². The van der Waals surface area contributed by atoms with Crippen LogP contribution >= 0.6 is 0 Å². The van der Waals surface area contributed by atoms with Crippen molar-refractivity contribution in [2.24, 2.45) is 0 Å². The molecule has 0 unspecified atom stereocenters. The molecule has 3 nitrogen and oxygen atoms in total. The van der Waals surface area contributed by atoms with E-state index in [1.165, 1.54) is 35.6 Å². The van der Waals surface area contributed by atoms with E-state index in [1.54, 1.807) is 0 Å². The van der Waals surface area contributed by atoms with Crippen LogP contribution in [0.15, 0.2) is 54.6 Å². The molecule has 4 rings (SSSR count). The summed E-state index contributed by atoms with van der Waals surface area (Å²) in [6.07, 6.45) is 1.46. The topological polar surface area (TPSA) is 18.5 Å². The first-order valence-electron chi connectivity index (χ1n) is 10.2. The van der Waals surface area contributed by atoms with Crippen LogP contribution in [0.4, 0.5) is 24.5 Å². The van der Waals surface area contributed by atoms with Crippen LogP contribution in [0.25, 0.3) is 5.57 Å². The number of fused-ring (bicyclic) bond motifs is 1. The number of hydrogen-bond acceptors (Lipinski definition) is 3. The van der Waals surface area contributed by atoms with Gasteiger partial charge < -0.3 is 15.1 Å². The van der Waals surface area contributed by atoms with Crippen LogP contribution in [0.2, 0.25) is 0 Å². The molecule has 0 saturated carbocycles. The lowest BCUT2D eigenvalue weighted by Gasteiger charge is -2.37. The summed E-state index contributed by atoms with van der Waals surface area (Å²) in [7, 11) is 0. The maximum atomic E-state index is 13.4. The Morgan fingerprint density at radius 3 is 2.45 bits per heavy atom. The smallest absolute Gasteiger partial charge is 0.274 e. The van der Waals surface area contributed by atoms with Crippen molar-refractivity contribution in [2.45, 2.75) is 31.7 Å². The van der Waals surface area contributed by atoms with Gasteiger partial charge >= 0.3 is 0 Å². The second-order valence-corrected chi connectivity index (χ2v) is 7.74. The Hall–Kier alpha value is -2.47. The minimum absolute atomic E-state index is 0.0274. The van der Waals surface area contributed by atoms with E-state index < -0.39 is 11.9 Å². The zero-order chi connectivity index (χ0) is 20.2. The molecule has 0 radical (unpaired) electrons. The Morgan fingerprint density at radius 2 is 1.72 bits per heavy atom. The van der Waals surface area contributed by atoms with Crippen molar-refractivity contribution in [3.05, 3.63) is 66.0 Å². The van der Waals surface area contributed by atoms with E-state index >= 15 is 0 Å². The van der Waals surface area contributed by atoms with Gasteiger partial charge in [-0.15, -0.1) is 0 Å². The van der Waals surface area contributed by atoms with Crippen LogP contribution in [0.5, 0.6) is 0 Å². The average Bonchev–Trinajstić information content (AvgIpc) is 3.16. The molecule has 6 heteroatoms. The van der Waals surface area contributed by atoms with Gasteiger partial charge in [-0.2, -0.15) is 8.78 Å². The molecular weight excluding hydrogens is 375 g/mol. The van der Waals surface area contributed by atoms with Crippen LogP contribution in [0.1, 0.15) is 31.2 Å². The van der Waals surface area contributed by atoms with Crippen molar-refractivity contribution >= 4 is 16.9 Å². The number of benzene rings is 2. The second kappa shape index (κ2) is 8.91. The van der Waals surface area contributed by atoms with Gasteiger partial charge in [-0.05, 0) is 62.1 Å². The van der Waals surface area contributed by atoms with Crippen molar-refractivity contribution in [3.8, 4) is 0 Å². The molecule has 0 atom stereocenters. The summed E-state index contributed by atoms with van der Waals surface area (Å²) in [6, 6.07) is 14.2. The summed E-state index contributed by atoms with van der Waals surface area (Å²) in [4.78, 5) is 4.81. The third kappa shape index (κ3) is 4.58. The molecule has 2 aliphatic heterocycles. The standard InChI is InChI=1S/C23H26F3N3/c24-18-9-7-17(8-10-18)20(23(25)26)4-3-13-28-14-11-19(12-15-28)29-16-27-21-5-1-2-6-22(21)29/h1-2,5-10,19,27H,3-4,11-16H2. The SMILES string of the molecule is FC(F)=C(CCCN1CCC(N2CNc3ccccc32)CC1)c1ccc(F)cc1. The second-order valence-electron chi connectivity index (χ2n) is 7.74. The molecule has 1 fully saturated rings. The van der Waals surface area contributed by atoms with Crippen molar-refractivity contribution in [1.29, 1.82) is 0 Å². The van der Waals surface area contributed by atoms with Gasteiger partial charge in [0, 0.05) is 24.7 Å². The molecule has 29 heavy (non-hydrogen) atoms. The third-order valence-electron chi connectivity index (χ3n) is 5.97. The molecular formula is C23H26F3N3. The van der Waals surface area contributed by atoms with Crippen LogP contribution in [-0.4, -0.2) is 37.2 Å². The molecule has 2 heterocycles. The minimum Gasteiger partial charge on any atom is -0.366 e. The van der Waals surface area contributed by atoms with Gasteiger partial charge in [0.1, 0.15) is 5.82 Å². The first kappa shape index (κ1) is 19.8. The summed E-state index contributed by atoms with van der Waals surface area (Å²) in [6.45, 7) is 3.62. The Balaban J connectivity index is 1.26. The Kier molecular flexibility index (Phi) is 6.09. The first-order valence-corrected chi connectivity index (χ1v) is 10.2. The predicted molar refractivity (Wildman–Crippen MR) is 112 cm³/mol. The van der Waals surface area contributed by atoms with Crippen LogP contribution in [0.3, 0.4) is 0 Å². The van der Waals surface area contributed by atoms with Crippen molar-refractivity contribution in [3.63, 3.8) is 0 Å². The molecule has 2 aromatic carbocycles. The van der Waals surface area contributed by atoms with Crippen molar-refractivity contribution in [2.75, 3.05) is 36.5 Å². The van der Waals surface area contributed by atoms with Gasteiger partial charge in [0.05, 0.1) is 18.0 Å². The van der Waals surface area contributed by atoms with Crippen molar-refractivity contribution < 1.29 is 13.2 Å². The van der Waals surface area contributed by atoms with E-state index in [2.05, 4.69) is 33.3 Å². The zero-order valence-electron chi connectivity index (χ0n) is 16.4. The number of anilines is 2. The predicted octanol–water partition coefficient (Wildman–Crippen LogP) is 5.57. The lowest BCUT2D eigenvalue weighted by atomic mass is 10.0. The highest BCUT2D eigenvalue weighted by atomic mass is 19.3. The van der Waals surface area contributed by atoms with Gasteiger partial charge in [-0.25, -0.2) is 4.39 Å². The molecule has 1 N–H and O–H groups in total. The van der Waals surface area contributed by atoms with E-state index in [1.807, 2.05) is 6.07 Å². The number of nitrogens with zero attached hydrogens (tertiary/aromatic N) is 2. The molecule has 0 aliphatic carbocycles. The number of likely N-dealkylation sites (tertiary alicyclic amines) is 1. The number of nitrogens with one attached hydrogen (secondary N) is 1. The summed E-state index contributed by atoms with van der Waals surface area (Å²) < 4.78 is 39.8. The van der Waals surface area contributed by atoms with E-state index in [-0.39, 0.29) is 5.57 Å². The molecule has 1 saturated heterocycles. The van der Waals surface area contributed by atoms with Gasteiger partial charge in [-0.1, -0.05) is 24.3 Å². The highest BCUT2D eigenvalue weighted by molar-refractivity contribution is 5.75. The molecule has 0 bridgehead atoms. The fraction of sp³-hybridized carbons (Fsp3) is 0.391. The van der Waals surface area contributed by atoms with Crippen LogP contribution < -0.4 is 10.2 Å². The van der Waals surface area contributed by atoms with Crippen LogP contribution in [0, 0.1) is 5.82 Å². The van der Waals surface area contributed by atoms with E-state index in [0.29, 0.717) is 24.4 Å². The average molecular weight is 401 g/mol. The quantitative estimate of drug-likeness (QED) is 0.683. The summed E-state index contributed by atoms with van der Waals surface area (Å²) in [5.41, 5.74) is 2.91. The van der Waals surface area contributed by atoms with Gasteiger partial charge in [0.2, 0.25) is 0 Å². The largest absolute Gasteiger partial charge is 0.366 e. The van der Waals surface area contributed by atoms with Crippen LogP contribution in [-0.2, 0) is 0 Å². The van der Waals surface area contributed by atoms with Gasteiger partial charge in [-0.3, -0.25) is 0 Å². The number of allylic oxidation sites excluding steroid dienone is 1. The maximum Gasteiger partial charge on any atom is 0.274 e. The number of halogens is 3. The number of para-hydroxylation sites is 2. The van der Waals surface area contributed by atoms with E-state index in [9.17, 15) is 13.2 Å². The molecule has 154 valence electrons. The number of piperidine rings is 1. The van der Waals surface area contributed by atoms with Gasteiger partial charge in [0.25, 0.3) is 6.08 Å². The summed E-state index contributed by atoms with van der Waals surface area (Å²) >= 11 is 0. The number of rotatable bonds is 6. The fourth-order valence-corrected chi connectivity index (χ4v) is 4.39. The highest BCUT2D eigenvalue weighted by Crippen LogP contribution is 2.34. The molecule has 0 amide bonds. The molecule has 2 aliphatic rings. The summed E-state index contributed by atoms with van der Waals surface area (Å²) in [5.74, 6) is -0.411. The lowest BCUT2D eigenvalue weighted by Crippen LogP contribution is -2.45. The molecule has 0 spiro atoms. The molecule has 2 aromatic rings. The zero-order valence-corrected chi connectivity index (χ0v) is 16.4. The number of hydrogen-bond donors (Lipinski definition) is 1. The monoisotopic (exact) mass is 401 g/mol. The minimum atomic E-state index is -1.67. The fourth-order valence-electron chi connectivity index (χ4n) is 4.39. The van der Waals surface area contributed by atoms with E-state index in [0.717, 1.165) is 39.1 Å². The Morgan fingerprint density at radius 1 is 1.00 bits per heavy atom. The first-order chi connectivity index (χ1) is 14.1. The Bertz CT molecular complexity index is 854. The highest BCUT2D eigenvalue weighted by Gasteiger charge is 2.28. The molecule has 0 aromatic heterocycles.